The van der Waals surface area contributed by atoms with Crippen molar-refractivity contribution in [3.63, 3.8) is 0 Å². The first-order valence-electron chi connectivity index (χ1n) is 7.51. The van der Waals surface area contributed by atoms with Gasteiger partial charge in [0.1, 0.15) is 11.5 Å². The molecule has 118 valence electrons. The second-order valence-corrected chi connectivity index (χ2v) is 5.22. The van der Waals surface area contributed by atoms with Crippen LogP contribution in [0.5, 0.6) is 11.5 Å². The van der Waals surface area contributed by atoms with Gasteiger partial charge in [-0.25, -0.2) is 4.79 Å². The third-order valence-electron chi connectivity index (χ3n) is 3.55. The Morgan fingerprint density at radius 2 is 1.74 bits per heavy atom. The number of nitrogens with zero attached hydrogens (tertiary/aromatic N) is 1. The summed E-state index contributed by atoms with van der Waals surface area (Å²) in [5.41, 5.74) is 0.853. The molecule has 23 heavy (non-hydrogen) atoms. The summed E-state index contributed by atoms with van der Waals surface area (Å²) in [5, 5.41) is 0. The van der Waals surface area contributed by atoms with E-state index >= 15 is 0 Å². The molecule has 5 nitrogen and oxygen atoms in total. The van der Waals surface area contributed by atoms with Crippen molar-refractivity contribution < 1.29 is 19.1 Å². The van der Waals surface area contributed by atoms with Crippen LogP contribution < -0.4 is 14.4 Å². The van der Waals surface area contributed by atoms with Crippen molar-refractivity contribution in [2.24, 2.45) is 0 Å². The van der Waals surface area contributed by atoms with Crippen molar-refractivity contribution in [3.8, 4) is 11.5 Å². The van der Waals surface area contributed by atoms with Crippen LogP contribution in [0.1, 0.15) is 12.8 Å². The molecule has 0 N–H and O–H groups in total. The van der Waals surface area contributed by atoms with Gasteiger partial charge < -0.3 is 14.4 Å². The predicted octanol–water partition coefficient (Wildman–Crippen LogP) is 2.80. The fourth-order valence-corrected chi connectivity index (χ4v) is 2.44. The number of carbonyl (C=O) groups is 2. The Bertz CT molecular complexity index is 682. The summed E-state index contributed by atoms with van der Waals surface area (Å²) in [6.45, 7) is 0.583. The SMILES string of the molecule is O=C(COc1ccc(N2CCCC2=O)cc1)Oc1ccccc1. The van der Waals surface area contributed by atoms with E-state index in [-0.39, 0.29) is 12.5 Å². The molecular formula is C18H17NO4. The lowest BCUT2D eigenvalue weighted by atomic mass is 10.3. The number of carbonyl (C=O) groups excluding carboxylic acids is 2. The maximum atomic E-state index is 11.7. The van der Waals surface area contributed by atoms with Crippen molar-refractivity contribution in [1.29, 1.82) is 0 Å². The van der Waals surface area contributed by atoms with Crippen LogP contribution >= 0.6 is 0 Å². The highest BCUT2D eigenvalue weighted by molar-refractivity contribution is 5.95. The molecule has 0 saturated carbocycles. The molecule has 1 aliphatic heterocycles. The van der Waals surface area contributed by atoms with Gasteiger partial charge in [0.2, 0.25) is 5.91 Å². The first-order chi connectivity index (χ1) is 11.2. The van der Waals surface area contributed by atoms with Gasteiger partial charge in [-0.05, 0) is 42.8 Å². The number of benzene rings is 2. The molecule has 1 heterocycles. The molecule has 2 aromatic rings. The fraction of sp³-hybridized carbons (Fsp3) is 0.222. The molecule has 0 aliphatic carbocycles. The van der Waals surface area contributed by atoms with E-state index in [0.717, 1.165) is 18.7 Å². The molecule has 0 radical (unpaired) electrons. The molecule has 0 bridgehead atoms. The third-order valence-corrected chi connectivity index (χ3v) is 3.55. The summed E-state index contributed by atoms with van der Waals surface area (Å²) in [6, 6.07) is 16.0. The molecule has 1 fully saturated rings. The molecule has 1 aliphatic rings. The average Bonchev–Trinajstić information content (AvgIpc) is 3.00. The highest BCUT2D eigenvalue weighted by atomic mass is 16.6. The van der Waals surface area contributed by atoms with Crippen molar-refractivity contribution in [2.45, 2.75) is 12.8 Å². The molecule has 3 rings (SSSR count). The Labute approximate surface area is 134 Å². The number of esters is 1. The second-order valence-electron chi connectivity index (χ2n) is 5.22. The van der Waals surface area contributed by atoms with Crippen LogP contribution in [0.2, 0.25) is 0 Å². The third kappa shape index (κ3) is 3.88. The number of hydrogen-bond acceptors (Lipinski definition) is 4. The van der Waals surface area contributed by atoms with Crippen molar-refractivity contribution in [3.05, 3.63) is 54.6 Å². The summed E-state index contributed by atoms with van der Waals surface area (Å²) >= 11 is 0. The summed E-state index contributed by atoms with van der Waals surface area (Å²) in [7, 11) is 0. The van der Waals surface area contributed by atoms with Crippen LogP contribution in [0.25, 0.3) is 0 Å². The van der Waals surface area contributed by atoms with Crippen LogP contribution in [0.3, 0.4) is 0 Å². The van der Waals surface area contributed by atoms with Gasteiger partial charge in [0.15, 0.2) is 6.61 Å². The van der Waals surface area contributed by atoms with Crippen molar-refractivity contribution in [1.82, 2.24) is 0 Å². The molecule has 1 amide bonds. The first kappa shape index (κ1) is 15.1. The maximum absolute atomic E-state index is 11.7. The van der Waals surface area contributed by atoms with Gasteiger partial charge in [-0.15, -0.1) is 0 Å². The molecule has 0 aromatic heterocycles. The molecular weight excluding hydrogens is 294 g/mol. The number of amides is 1. The first-order valence-corrected chi connectivity index (χ1v) is 7.51. The Balaban J connectivity index is 1.52. The second kappa shape index (κ2) is 6.96. The number of hydrogen-bond donors (Lipinski definition) is 0. The van der Waals surface area contributed by atoms with Crippen molar-refractivity contribution >= 4 is 17.6 Å². The normalized spacial score (nSPS) is 13.9. The smallest absolute Gasteiger partial charge is 0.349 e. The van der Waals surface area contributed by atoms with E-state index in [2.05, 4.69) is 0 Å². The zero-order valence-corrected chi connectivity index (χ0v) is 12.6. The van der Waals surface area contributed by atoms with Gasteiger partial charge in [-0.3, -0.25) is 4.79 Å². The van der Waals surface area contributed by atoms with E-state index in [4.69, 9.17) is 9.47 Å². The molecule has 2 aromatic carbocycles. The summed E-state index contributed by atoms with van der Waals surface area (Å²) in [5.74, 6) is 0.731. The maximum Gasteiger partial charge on any atom is 0.349 e. The Morgan fingerprint density at radius 3 is 2.39 bits per heavy atom. The van der Waals surface area contributed by atoms with E-state index in [9.17, 15) is 9.59 Å². The topological polar surface area (TPSA) is 55.8 Å². The lowest BCUT2D eigenvalue weighted by Gasteiger charge is -2.16. The van der Waals surface area contributed by atoms with E-state index < -0.39 is 5.97 Å². The molecule has 0 unspecified atom stereocenters. The standard InChI is InChI=1S/C18H17NO4/c20-17-7-4-12-19(17)14-8-10-15(11-9-14)22-13-18(21)23-16-5-2-1-3-6-16/h1-3,5-6,8-11H,4,7,12-13H2. The Hall–Kier alpha value is -2.82. The number of rotatable bonds is 5. The average molecular weight is 311 g/mol. The minimum Gasteiger partial charge on any atom is -0.482 e. The van der Waals surface area contributed by atoms with Gasteiger partial charge >= 0.3 is 5.97 Å². The highest BCUT2D eigenvalue weighted by Crippen LogP contribution is 2.23. The minimum absolute atomic E-state index is 0.144. The quantitative estimate of drug-likeness (QED) is 0.629. The van der Waals surface area contributed by atoms with E-state index in [1.807, 2.05) is 18.2 Å². The van der Waals surface area contributed by atoms with Crippen LogP contribution in [-0.2, 0) is 9.59 Å². The summed E-state index contributed by atoms with van der Waals surface area (Å²) in [4.78, 5) is 25.1. The van der Waals surface area contributed by atoms with Gasteiger partial charge in [-0.2, -0.15) is 0 Å². The van der Waals surface area contributed by atoms with Crippen LogP contribution in [0, 0.1) is 0 Å². The highest BCUT2D eigenvalue weighted by Gasteiger charge is 2.21. The summed E-state index contributed by atoms with van der Waals surface area (Å²) in [6.07, 6.45) is 1.49. The van der Waals surface area contributed by atoms with Gasteiger partial charge in [-0.1, -0.05) is 18.2 Å². The van der Waals surface area contributed by atoms with Gasteiger partial charge in [0.05, 0.1) is 0 Å². The molecule has 0 spiro atoms. The lowest BCUT2D eigenvalue weighted by Crippen LogP contribution is -2.23. The largest absolute Gasteiger partial charge is 0.482 e. The van der Waals surface area contributed by atoms with E-state index in [1.54, 1.807) is 41.3 Å². The van der Waals surface area contributed by atoms with Crippen LogP contribution in [-0.4, -0.2) is 25.0 Å². The molecule has 1 saturated heterocycles. The van der Waals surface area contributed by atoms with Crippen molar-refractivity contribution in [2.75, 3.05) is 18.1 Å². The number of anilines is 1. The van der Waals surface area contributed by atoms with Gasteiger partial charge in [0, 0.05) is 18.7 Å². The zero-order chi connectivity index (χ0) is 16.1. The van der Waals surface area contributed by atoms with Gasteiger partial charge in [0.25, 0.3) is 0 Å². The fourth-order valence-electron chi connectivity index (χ4n) is 2.44. The Kier molecular flexibility index (Phi) is 4.57. The number of para-hydroxylation sites is 1. The van der Waals surface area contributed by atoms with E-state index in [1.165, 1.54) is 0 Å². The summed E-state index contributed by atoms with van der Waals surface area (Å²) < 4.78 is 10.5. The van der Waals surface area contributed by atoms with Crippen LogP contribution in [0.15, 0.2) is 54.6 Å². The molecule has 0 atom stereocenters. The number of ether oxygens (including phenoxy) is 2. The monoisotopic (exact) mass is 311 g/mol. The van der Waals surface area contributed by atoms with Crippen LogP contribution in [0.4, 0.5) is 5.69 Å². The minimum atomic E-state index is -0.463. The lowest BCUT2D eigenvalue weighted by molar-refractivity contribution is -0.136. The zero-order valence-electron chi connectivity index (χ0n) is 12.6. The molecule has 5 heteroatoms. The Morgan fingerprint density at radius 1 is 1.00 bits per heavy atom. The predicted molar refractivity (Wildman–Crippen MR) is 85.6 cm³/mol. The van der Waals surface area contributed by atoms with E-state index in [0.29, 0.717) is 17.9 Å².